The Labute approximate surface area is 124 Å². The van der Waals surface area contributed by atoms with Crippen LogP contribution in [0, 0.1) is 5.41 Å². The molecule has 0 aliphatic heterocycles. The molecule has 1 aromatic carbocycles. The minimum Gasteiger partial charge on any atom is -0.468 e. The number of methoxy groups -OCH3 is 1. The summed E-state index contributed by atoms with van der Waals surface area (Å²) < 4.78 is 4.71. The fourth-order valence-electron chi connectivity index (χ4n) is 1.27. The van der Waals surface area contributed by atoms with Crippen molar-refractivity contribution in [3.63, 3.8) is 0 Å². The molecule has 0 aromatic heterocycles. The highest BCUT2D eigenvalue weighted by Crippen LogP contribution is 2.35. The molecule has 102 valence electrons. The zero-order valence-electron chi connectivity index (χ0n) is 9.89. The first-order chi connectivity index (χ1) is 8.99. The van der Waals surface area contributed by atoms with E-state index >= 15 is 0 Å². The van der Waals surface area contributed by atoms with Gasteiger partial charge in [0.25, 0.3) is 0 Å². The van der Waals surface area contributed by atoms with Crippen LogP contribution in [0.25, 0.3) is 0 Å². The summed E-state index contributed by atoms with van der Waals surface area (Å²) in [4.78, 5) is 15.4. The van der Waals surface area contributed by atoms with Gasteiger partial charge in [-0.25, -0.2) is 4.99 Å². The lowest BCUT2D eigenvalue weighted by molar-refractivity contribution is -0.140. The van der Waals surface area contributed by atoms with Crippen LogP contribution in [0.5, 0.6) is 0 Å². The number of thioether (sulfide) groups is 1. The van der Waals surface area contributed by atoms with Crippen LogP contribution >= 0.6 is 35.0 Å². The molecule has 0 bridgehead atoms. The molecule has 0 heterocycles. The van der Waals surface area contributed by atoms with Crippen LogP contribution in [0.3, 0.4) is 0 Å². The third-order valence-electron chi connectivity index (χ3n) is 2.09. The van der Waals surface area contributed by atoms with Crippen LogP contribution in [-0.4, -0.2) is 24.6 Å². The van der Waals surface area contributed by atoms with Gasteiger partial charge in [-0.15, -0.1) is 0 Å². The third kappa shape index (κ3) is 4.41. The molecule has 5 nitrogen and oxygen atoms in total. The summed E-state index contributed by atoms with van der Waals surface area (Å²) in [6, 6.07) is 4.76. The van der Waals surface area contributed by atoms with Crippen molar-refractivity contribution in [2.24, 2.45) is 10.7 Å². The molecule has 3 N–H and O–H groups in total. The Hall–Kier alpha value is -1.24. The molecule has 1 unspecified atom stereocenters. The molecule has 1 atom stereocenters. The minimum atomic E-state index is -0.765. The molecular formula is C11H11Cl2N3O2S. The second kappa shape index (κ2) is 7.37. The van der Waals surface area contributed by atoms with E-state index in [1.165, 1.54) is 13.2 Å². The summed E-state index contributed by atoms with van der Waals surface area (Å²) in [7, 11) is 1.27. The monoisotopic (exact) mass is 319 g/mol. The lowest BCUT2D eigenvalue weighted by atomic mass is 10.1. The fraction of sp³-hybridized carbons (Fsp3) is 0.182. The van der Waals surface area contributed by atoms with E-state index in [0.29, 0.717) is 15.6 Å². The lowest BCUT2D eigenvalue weighted by Crippen LogP contribution is -2.17. The zero-order chi connectivity index (χ0) is 14.4. The van der Waals surface area contributed by atoms with E-state index in [9.17, 15) is 4.79 Å². The Kier molecular flexibility index (Phi) is 6.14. The highest BCUT2D eigenvalue weighted by atomic mass is 35.5. The highest BCUT2D eigenvalue weighted by molar-refractivity contribution is 8.14. The number of benzene rings is 1. The Balaban J connectivity index is 3.13. The molecule has 1 rings (SSSR count). The first-order valence-corrected chi connectivity index (χ1v) is 6.64. The number of carbonyl (C=O) groups is 1. The summed E-state index contributed by atoms with van der Waals surface area (Å²) in [5.74, 6) is -0.516. The smallest absolute Gasteiger partial charge is 0.323 e. The van der Waals surface area contributed by atoms with E-state index in [4.69, 9.17) is 39.1 Å². The number of rotatable bonds is 4. The van der Waals surface area contributed by atoms with Gasteiger partial charge in [-0.1, -0.05) is 41.0 Å². The topological polar surface area (TPSA) is 88.5 Å². The van der Waals surface area contributed by atoms with Gasteiger partial charge in [0, 0.05) is 10.0 Å². The molecule has 0 saturated carbocycles. The highest BCUT2D eigenvalue weighted by Gasteiger charge is 2.26. The van der Waals surface area contributed by atoms with Crippen LogP contribution in [0.1, 0.15) is 10.8 Å². The third-order valence-corrected chi connectivity index (χ3v) is 3.68. The molecule has 19 heavy (non-hydrogen) atoms. The van der Waals surface area contributed by atoms with Gasteiger partial charge in [0.2, 0.25) is 0 Å². The fourth-order valence-corrected chi connectivity index (χ4v) is 2.74. The van der Waals surface area contributed by atoms with Crippen LogP contribution in [0.4, 0.5) is 0 Å². The number of amidine groups is 1. The van der Waals surface area contributed by atoms with Gasteiger partial charge in [-0.3, -0.25) is 10.2 Å². The average Bonchev–Trinajstić information content (AvgIpc) is 2.36. The molecule has 0 spiro atoms. The van der Waals surface area contributed by atoms with Gasteiger partial charge in [-0.05, 0) is 17.7 Å². The van der Waals surface area contributed by atoms with Crippen molar-refractivity contribution in [1.82, 2.24) is 0 Å². The standard InChI is InChI=1S/C11H11Cl2N3O2S/c1-18-10(17)9(19-11(15)16-5-14)7-3-2-6(12)4-8(7)13/h2-5,9H,1H3,(H3,14,15,16). The van der Waals surface area contributed by atoms with Crippen LogP contribution in [-0.2, 0) is 9.53 Å². The number of nitrogens with zero attached hydrogens (tertiary/aromatic N) is 1. The number of esters is 1. The van der Waals surface area contributed by atoms with Crippen molar-refractivity contribution < 1.29 is 9.53 Å². The van der Waals surface area contributed by atoms with Crippen molar-refractivity contribution in [2.75, 3.05) is 7.11 Å². The Morgan fingerprint density at radius 2 is 2.26 bits per heavy atom. The molecule has 0 saturated heterocycles. The second-order valence-corrected chi connectivity index (χ2v) is 5.25. The van der Waals surface area contributed by atoms with Crippen molar-refractivity contribution >= 4 is 52.4 Å². The number of aliphatic imine (C=N–C) groups is 1. The molecule has 0 aliphatic carbocycles. The number of hydrogen-bond acceptors (Lipinski definition) is 4. The minimum absolute atomic E-state index is 0.0661. The Morgan fingerprint density at radius 3 is 2.79 bits per heavy atom. The lowest BCUT2D eigenvalue weighted by Gasteiger charge is -2.15. The summed E-state index contributed by atoms with van der Waals surface area (Å²) in [5, 5.41) is 6.93. The first kappa shape index (κ1) is 15.8. The van der Waals surface area contributed by atoms with Gasteiger partial charge in [0.15, 0.2) is 5.17 Å². The SMILES string of the molecule is COC(=O)C(SC(N)=NC=N)c1ccc(Cl)cc1Cl. The molecule has 1 aromatic rings. The Morgan fingerprint density at radius 1 is 1.58 bits per heavy atom. The van der Waals surface area contributed by atoms with Crippen molar-refractivity contribution in [2.45, 2.75) is 5.25 Å². The molecule has 0 amide bonds. The largest absolute Gasteiger partial charge is 0.468 e. The van der Waals surface area contributed by atoms with Crippen molar-refractivity contribution in [1.29, 1.82) is 5.41 Å². The van der Waals surface area contributed by atoms with E-state index in [-0.39, 0.29) is 5.17 Å². The summed E-state index contributed by atoms with van der Waals surface area (Å²) in [6.07, 6.45) is 0.792. The van der Waals surface area contributed by atoms with Gasteiger partial charge in [-0.2, -0.15) is 0 Å². The van der Waals surface area contributed by atoms with E-state index in [2.05, 4.69) is 4.99 Å². The van der Waals surface area contributed by atoms with Gasteiger partial charge >= 0.3 is 5.97 Å². The van der Waals surface area contributed by atoms with Gasteiger partial charge in [0.05, 0.1) is 7.11 Å². The molecule has 0 fully saturated rings. The first-order valence-electron chi connectivity index (χ1n) is 5.01. The van der Waals surface area contributed by atoms with Crippen LogP contribution in [0.2, 0.25) is 10.0 Å². The van der Waals surface area contributed by atoms with Crippen LogP contribution < -0.4 is 5.73 Å². The summed E-state index contributed by atoms with van der Waals surface area (Å²) in [6.45, 7) is 0. The van der Waals surface area contributed by atoms with E-state index < -0.39 is 11.2 Å². The number of halogens is 2. The average molecular weight is 320 g/mol. The number of hydrogen-bond donors (Lipinski definition) is 2. The summed E-state index contributed by atoms with van der Waals surface area (Å²) >= 11 is 12.8. The predicted octanol–water partition coefficient (Wildman–Crippen LogP) is 2.86. The molecule has 8 heteroatoms. The van der Waals surface area contributed by atoms with Crippen molar-refractivity contribution in [3.05, 3.63) is 33.8 Å². The van der Waals surface area contributed by atoms with Gasteiger partial charge in [0.1, 0.15) is 11.6 Å². The van der Waals surface area contributed by atoms with Crippen molar-refractivity contribution in [3.8, 4) is 0 Å². The predicted molar refractivity (Wildman–Crippen MR) is 79.2 cm³/mol. The summed E-state index contributed by atoms with van der Waals surface area (Å²) in [5.41, 5.74) is 6.10. The normalized spacial score (nSPS) is 12.9. The molecule has 0 aliphatic rings. The van der Waals surface area contributed by atoms with E-state index in [0.717, 1.165) is 18.1 Å². The number of nitrogens with two attached hydrogens (primary N) is 1. The maximum Gasteiger partial charge on any atom is 0.323 e. The van der Waals surface area contributed by atoms with E-state index in [1.807, 2.05) is 0 Å². The maximum atomic E-state index is 11.8. The maximum absolute atomic E-state index is 11.8. The second-order valence-electron chi connectivity index (χ2n) is 3.28. The molecule has 0 radical (unpaired) electrons. The van der Waals surface area contributed by atoms with Crippen LogP contribution in [0.15, 0.2) is 23.2 Å². The number of ether oxygens (including phenoxy) is 1. The van der Waals surface area contributed by atoms with E-state index in [1.54, 1.807) is 12.1 Å². The number of carbonyl (C=O) groups excluding carboxylic acids is 1. The number of nitrogens with one attached hydrogen (secondary N) is 1. The van der Waals surface area contributed by atoms with Gasteiger partial charge < -0.3 is 10.5 Å². The zero-order valence-corrected chi connectivity index (χ0v) is 12.2. The quantitative estimate of drug-likeness (QED) is 0.507. The Bertz CT molecular complexity index is 523. The molecular weight excluding hydrogens is 309 g/mol.